The van der Waals surface area contributed by atoms with Gasteiger partial charge in [-0.05, 0) is 57.1 Å². The molecule has 7 nitrogen and oxygen atoms in total. The normalized spacial score (nSPS) is 18.0. The van der Waals surface area contributed by atoms with Gasteiger partial charge in [0.15, 0.2) is 0 Å². The molecular formula is C24H25N5O2. The first-order valence-corrected chi connectivity index (χ1v) is 10.8. The molecule has 0 unspecified atom stereocenters. The summed E-state index contributed by atoms with van der Waals surface area (Å²) in [5.74, 6) is 1.49. The maximum atomic E-state index is 13.5. The average Bonchev–Trinajstić information content (AvgIpc) is 3.41. The number of hydrogen-bond acceptors (Lipinski definition) is 6. The van der Waals surface area contributed by atoms with Crippen molar-refractivity contribution in [3.8, 4) is 6.07 Å². The van der Waals surface area contributed by atoms with Crippen molar-refractivity contribution in [2.75, 3.05) is 18.4 Å². The van der Waals surface area contributed by atoms with Crippen molar-refractivity contribution in [3.05, 3.63) is 53.0 Å². The van der Waals surface area contributed by atoms with Gasteiger partial charge in [0, 0.05) is 18.6 Å². The van der Waals surface area contributed by atoms with Gasteiger partial charge in [0.25, 0.3) is 5.91 Å². The second-order valence-electron chi connectivity index (χ2n) is 8.89. The van der Waals surface area contributed by atoms with E-state index >= 15 is 0 Å². The number of aryl methyl sites for hydroxylation is 1. The molecule has 3 aromatic rings. The summed E-state index contributed by atoms with van der Waals surface area (Å²) < 4.78 is 5.83. The lowest BCUT2D eigenvalue weighted by Gasteiger charge is -2.32. The summed E-state index contributed by atoms with van der Waals surface area (Å²) in [5, 5.41) is 13.6. The molecule has 158 valence electrons. The van der Waals surface area contributed by atoms with E-state index < -0.39 is 0 Å². The van der Waals surface area contributed by atoms with Crippen molar-refractivity contribution in [2.24, 2.45) is 0 Å². The fraction of sp³-hybridized carbons (Fsp3) is 0.417. The lowest BCUT2D eigenvalue weighted by Crippen LogP contribution is -2.38. The zero-order valence-electron chi connectivity index (χ0n) is 17.8. The topological polar surface area (TPSA) is 95.1 Å². The minimum atomic E-state index is -0.0398. The van der Waals surface area contributed by atoms with E-state index in [1.54, 1.807) is 0 Å². The van der Waals surface area contributed by atoms with Gasteiger partial charge in [-0.25, -0.2) is 9.97 Å². The molecule has 2 aliphatic rings. The lowest BCUT2D eigenvalue weighted by atomic mass is 9.86. The third-order valence-corrected chi connectivity index (χ3v) is 6.60. The number of carbonyl (C=O) groups is 1. The molecule has 1 aromatic carbocycles. The number of piperidine rings is 1. The minimum absolute atomic E-state index is 0.0270. The molecule has 2 aromatic heterocycles. The fourth-order valence-corrected chi connectivity index (χ4v) is 4.50. The van der Waals surface area contributed by atoms with Crippen molar-refractivity contribution in [1.82, 2.24) is 14.9 Å². The van der Waals surface area contributed by atoms with Crippen LogP contribution in [0.25, 0.3) is 11.1 Å². The van der Waals surface area contributed by atoms with Crippen LogP contribution in [0.5, 0.6) is 0 Å². The Morgan fingerprint density at radius 1 is 1.26 bits per heavy atom. The zero-order valence-corrected chi connectivity index (χ0v) is 17.8. The van der Waals surface area contributed by atoms with E-state index in [4.69, 9.17) is 4.42 Å². The van der Waals surface area contributed by atoms with Crippen molar-refractivity contribution in [1.29, 1.82) is 5.26 Å². The van der Waals surface area contributed by atoms with Gasteiger partial charge in [0.1, 0.15) is 17.9 Å². The van der Waals surface area contributed by atoms with E-state index in [0.29, 0.717) is 41.3 Å². The highest BCUT2D eigenvalue weighted by Gasteiger charge is 2.39. The van der Waals surface area contributed by atoms with E-state index in [0.717, 1.165) is 36.8 Å². The first-order valence-electron chi connectivity index (χ1n) is 10.8. The van der Waals surface area contributed by atoms with Crippen molar-refractivity contribution < 1.29 is 9.21 Å². The van der Waals surface area contributed by atoms with E-state index in [1.165, 1.54) is 6.33 Å². The number of fused-ring (bicyclic) bond motifs is 1. The van der Waals surface area contributed by atoms with Crippen LogP contribution in [0.1, 0.15) is 65.8 Å². The van der Waals surface area contributed by atoms with Gasteiger partial charge in [-0.3, -0.25) is 4.79 Å². The van der Waals surface area contributed by atoms with Crippen LogP contribution in [0, 0.1) is 18.3 Å². The molecule has 2 fully saturated rings. The smallest absolute Gasteiger partial charge is 0.258 e. The van der Waals surface area contributed by atoms with Gasteiger partial charge < -0.3 is 14.6 Å². The van der Waals surface area contributed by atoms with Crippen LogP contribution in [-0.4, -0.2) is 39.4 Å². The summed E-state index contributed by atoms with van der Waals surface area (Å²) in [5.41, 5.74) is 2.84. The Hall–Kier alpha value is -3.40. The lowest BCUT2D eigenvalue weighted by molar-refractivity contribution is 0.0713. The van der Waals surface area contributed by atoms with Crippen LogP contribution in [-0.2, 0) is 0 Å². The number of amides is 1. The summed E-state index contributed by atoms with van der Waals surface area (Å²) in [6.45, 7) is 5.25. The maximum absolute atomic E-state index is 13.5. The number of nitrogens with zero attached hydrogens (tertiary/aromatic N) is 4. The van der Waals surface area contributed by atoms with E-state index in [1.807, 2.05) is 36.1 Å². The van der Waals surface area contributed by atoms with Crippen LogP contribution in [0.15, 0.2) is 35.0 Å². The summed E-state index contributed by atoms with van der Waals surface area (Å²) in [6, 6.07) is 10.1. The predicted octanol–water partition coefficient (Wildman–Crippen LogP) is 4.39. The quantitative estimate of drug-likeness (QED) is 0.679. The monoisotopic (exact) mass is 415 g/mol. The van der Waals surface area contributed by atoms with Crippen molar-refractivity contribution in [3.63, 3.8) is 0 Å². The molecular weight excluding hydrogens is 390 g/mol. The maximum Gasteiger partial charge on any atom is 0.258 e. The number of rotatable bonds is 4. The Labute approximate surface area is 181 Å². The van der Waals surface area contributed by atoms with Crippen LogP contribution in [0.4, 0.5) is 5.82 Å². The number of likely N-dealkylation sites (tertiary alicyclic amines) is 1. The highest BCUT2D eigenvalue weighted by Crippen LogP contribution is 2.40. The number of furan rings is 1. The van der Waals surface area contributed by atoms with Gasteiger partial charge in [0.05, 0.1) is 22.6 Å². The van der Waals surface area contributed by atoms with Crippen LogP contribution >= 0.6 is 0 Å². The molecule has 3 heterocycles. The van der Waals surface area contributed by atoms with Gasteiger partial charge >= 0.3 is 0 Å². The third-order valence-electron chi connectivity index (χ3n) is 6.60. The van der Waals surface area contributed by atoms with Gasteiger partial charge in [0.2, 0.25) is 5.71 Å². The Morgan fingerprint density at radius 3 is 2.71 bits per heavy atom. The number of aromatic nitrogens is 2. The number of nitriles is 1. The molecule has 0 atom stereocenters. The molecule has 0 bridgehead atoms. The van der Waals surface area contributed by atoms with Crippen molar-refractivity contribution >= 4 is 22.8 Å². The molecule has 0 radical (unpaired) electrons. The summed E-state index contributed by atoms with van der Waals surface area (Å²) in [7, 11) is 0. The highest BCUT2D eigenvalue weighted by atomic mass is 16.3. The van der Waals surface area contributed by atoms with Crippen LogP contribution in [0.3, 0.4) is 0 Å². The number of anilines is 1. The first-order chi connectivity index (χ1) is 15.0. The average molecular weight is 415 g/mol. The highest BCUT2D eigenvalue weighted by molar-refractivity contribution is 6.10. The Kier molecular flexibility index (Phi) is 4.66. The van der Waals surface area contributed by atoms with Crippen molar-refractivity contribution in [2.45, 2.75) is 51.0 Å². The van der Waals surface area contributed by atoms with Gasteiger partial charge in [-0.1, -0.05) is 18.2 Å². The second-order valence-corrected chi connectivity index (χ2v) is 8.89. The summed E-state index contributed by atoms with van der Waals surface area (Å²) in [6.07, 6.45) is 5.30. The van der Waals surface area contributed by atoms with Gasteiger partial charge in [-0.2, -0.15) is 5.26 Å². The molecule has 1 amide bonds. The number of hydrogen-bond donors (Lipinski definition) is 1. The predicted molar refractivity (Wildman–Crippen MR) is 117 cm³/mol. The third kappa shape index (κ3) is 3.52. The molecule has 7 heteroatoms. The summed E-state index contributed by atoms with van der Waals surface area (Å²) in [4.78, 5) is 24.1. The van der Waals surface area contributed by atoms with E-state index in [-0.39, 0.29) is 17.4 Å². The zero-order chi connectivity index (χ0) is 21.6. The number of benzene rings is 1. The summed E-state index contributed by atoms with van der Waals surface area (Å²) >= 11 is 0. The molecule has 31 heavy (non-hydrogen) atoms. The largest absolute Gasteiger partial charge is 0.442 e. The molecule has 5 rings (SSSR count). The standard InChI is InChI=1S/C24H25N5O2/c1-15-19(20-21(28-24(2)9-10-24)26-14-27-22(20)31-15)23(30)29-11-7-16(8-12-29)18-6-4-3-5-17(18)13-25/h3-6,14,16H,7-12H2,1-2H3,(H,26,27,28). The molecule has 1 saturated carbocycles. The van der Waals surface area contributed by atoms with E-state index in [2.05, 4.69) is 28.3 Å². The first kappa shape index (κ1) is 19.6. The molecule has 1 aliphatic heterocycles. The van der Waals surface area contributed by atoms with Gasteiger partial charge in [-0.15, -0.1) is 0 Å². The molecule has 0 spiro atoms. The molecule has 1 aliphatic carbocycles. The fourth-order valence-electron chi connectivity index (χ4n) is 4.50. The Morgan fingerprint density at radius 2 is 2.00 bits per heavy atom. The second kappa shape index (κ2) is 7.38. The Balaban J connectivity index is 1.40. The molecule has 1 N–H and O–H groups in total. The van der Waals surface area contributed by atoms with Crippen LogP contribution in [0.2, 0.25) is 0 Å². The number of nitrogens with one attached hydrogen (secondary N) is 1. The minimum Gasteiger partial charge on any atom is -0.442 e. The van der Waals surface area contributed by atoms with Crippen LogP contribution < -0.4 is 5.32 Å². The SMILES string of the molecule is Cc1oc2ncnc(NC3(C)CC3)c2c1C(=O)N1CCC(c2ccccc2C#N)CC1. The molecule has 1 saturated heterocycles. The number of carbonyl (C=O) groups excluding carboxylic acids is 1. The van der Waals surface area contributed by atoms with E-state index in [9.17, 15) is 10.1 Å². The Bertz CT molecular complexity index is 1200.